The number of hydrogen-bond acceptors (Lipinski definition) is 6. The smallest absolute Gasteiger partial charge is 0.475 e. The molecule has 1 spiro atoms. The zero-order chi connectivity index (χ0) is 21.7. The Morgan fingerprint density at radius 3 is 2.59 bits per heavy atom. The summed E-state index contributed by atoms with van der Waals surface area (Å²) in [6.07, 6.45) is -1.64. The van der Waals surface area contributed by atoms with Gasteiger partial charge in [0.25, 0.3) is 0 Å². The molecule has 12 heteroatoms. The van der Waals surface area contributed by atoms with Gasteiger partial charge >= 0.3 is 12.1 Å². The lowest BCUT2D eigenvalue weighted by atomic mass is 9.86. The second-order valence-electron chi connectivity index (χ2n) is 6.75. The van der Waals surface area contributed by atoms with E-state index in [9.17, 15) is 21.6 Å². The Bertz CT molecular complexity index is 782. The van der Waals surface area contributed by atoms with Crippen LogP contribution in [-0.4, -0.2) is 72.1 Å². The van der Waals surface area contributed by atoms with Gasteiger partial charge < -0.3 is 14.6 Å². The molecule has 3 rings (SSSR count). The SMILES string of the molecule is CCS(=O)(=O)N1CC2(CC(OCc3ccccn3)CCO2)C1.O=C(O)C(F)(F)F. The van der Waals surface area contributed by atoms with Crippen molar-refractivity contribution in [3.63, 3.8) is 0 Å². The lowest BCUT2D eigenvalue weighted by Crippen LogP contribution is -2.67. The van der Waals surface area contributed by atoms with Crippen LogP contribution in [0, 0.1) is 0 Å². The minimum Gasteiger partial charge on any atom is -0.475 e. The topological polar surface area (TPSA) is 106 Å². The van der Waals surface area contributed by atoms with E-state index in [2.05, 4.69) is 4.98 Å². The number of aliphatic carboxylic acids is 1. The fourth-order valence-corrected chi connectivity index (χ4v) is 4.24. The summed E-state index contributed by atoms with van der Waals surface area (Å²) >= 11 is 0. The maximum Gasteiger partial charge on any atom is 0.490 e. The summed E-state index contributed by atoms with van der Waals surface area (Å²) in [5.41, 5.74) is 0.557. The Balaban J connectivity index is 0.000000370. The van der Waals surface area contributed by atoms with Crippen molar-refractivity contribution in [3.05, 3.63) is 30.1 Å². The van der Waals surface area contributed by atoms with Crippen LogP contribution < -0.4 is 0 Å². The molecule has 1 aromatic rings. The highest BCUT2D eigenvalue weighted by Crippen LogP contribution is 2.37. The molecule has 0 radical (unpaired) electrons. The molecule has 1 unspecified atom stereocenters. The Morgan fingerprint density at radius 2 is 2.07 bits per heavy atom. The van der Waals surface area contributed by atoms with Crippen LogP contribution in [-0.2, 0) is 30.9 Å². The number of alkyl halides is 3. The predicted molar refractivity (Wildman–Crippen MR) is 95.5 cm³/mol. The first-order valence-corrected chi connectivity index (χ1v) is 10.5. The summed E-state index contributed by atoms with van der Waals surface area (Å²) in [6.45, 7) is 3.67. The number of carboxylic acids is 1. The van der Waals surface area contributed by atoms with Crippen LogP contribution in [0.5, 0.6) is 0 Å². The van der Waals surface area contributed by atoms with Gasteiger partial charge in [0, 0.05) is 32.3 Å². The third-order valence-corrected chi connectivity index (χ3v) is 6.35. The van der Waals surface area contributed by atoms with Gasteiger partial charge in [-0.15, -0.1) is 0 Å². The first kappa shape index (κ1) is 23.5. The van der Waals surface area contributed by atoms with Gasteiger partial charge in [-0.05, 0) is 25.5 Å². The van der Waals surface area contributed by atoms with Gasteiger partial charge in [0.1, 0.15) is 0 Å². The Kier molecular flexibility index (Phi) is 7.60. The summed E-state index contributed by atoms with van der Waals surface area (Å²) < 4.78 is 68.7. The molecule has 0 amide bonds. The van der Waals surface area contributed by atoms with Crippen LogP contribution in [0.25, 0.3) is 0 Å². The third-order valence-electron chi connectivity index (χ3n) is 4.57. The minimum atomic E-state index is -5.08. The Hall–Kier alpha value is -1.76. The highest BCUT2D eigenvalue weighted by atomic mass is 32.2. The Labute approximate surface area is 166 Å². The van der Waals surface area contributed by atoms with Crippen molar-refractivity contribution in [3.8, 4) is 0 Å². The number of carbonyl (C=O) groups is 1. The molecule has 2 fully saturated rings. The zero-order valence-corrected chi connectivity index (χ0v) is 16.6. The Morgan fingerprint density at radius 1 is 1.41 bits per heavy atom. The molecule has 2 saturated heterocycles. The fraction of sp³-hybridized carbons (Fsp3) is 0.647. The van der Waals surface area contributed by atoms with Gasteiger partial charge in [-0.3, -0.25) is 4.98 Å². The van der Waals surface area contributed by atoms with E-state index < -0.39 is 22.2 Å². The molecule has 1 N–H and O–H groups in total. The second-order valence-corrected chi connectivity index (χ2v) is 9.01. The van der Waals surface area contributed by atoms with Gasteiger partial charge in [-0.1, -0.05) is 6.07 Å². The highest BCUT2D eigenvalue weighted by Gasteiger charge is 2.51. The number of aromatic nitrogens is 1. The van der Waals surface area contributed by atoms with Gasteiger partial charge in [-0.25, -0.2) is 13.2 Å². The van der Waals surface area contributed by atoms with Crippen LogP contribution in [0.1, 0.15) is 25.5 Å². The number of rotatable bonds is 5. The highest BCUT2D eigenvalue weighted by molar-refractivity contribution is 7.89. The van der Waals surface area contributed by atoms with Gasteiger partial charge in [-0.2, -0.15) is 17.5 Å². The van der Waals surface area contributed by atoms with Crippen LogP contribution in [0.2, 0.25) is 0 Å². The summed E-state index contributed by atoms with van der Waals surface area (Å²) in [5, 5.41) is 7.12. The molecule has 3 heterocycles. The molecule has 0 saturated carbocycles. The maximum absolute atomic E-state index is 11.8. The van der Waals surface area contributed by atoms with Gasteiger partial charge in [0.05, 0.1) is 29.8 Å². The van der Waals surface area contributed by atoms with Crippen LogP contribution in [0.15, 0.2) is 24.4 Å². The average molecular weight is 440 g/mol. The molecule has 2 aliphatic rings. The number of halogens is 3. The molecular weight excluding hydrogens is 417 g/mol. The van der Waals surface area contributed by atoms with E-state index >= 15 is 0 Å². The summed E-state index contributed by atoms with van der Waals surface area (Å²) in [4.78, 5) is 13.1. The first-order chi connectivity index (χ1) is 13.5. The largest absolute Gasteiger partial charge is 0.490 e. The molecule has 8 nitrogen and oxygen atoms in total. The second kappa shape index (κ2) is 9.37. The van der Waals surface area contributed by atoms with E-state index in [1.165, 1.54) is 4.31 Å². The van der Waals surface area contributed by atoms with E-state index in [1.54, 1.807) is 13.1 Å². The molecule has 2 aliphatic heterocycles. The van der Waals surface area contributed by atoms with Crippen LogP contribution in [0.4, 0.5) is 13.2 Å². The molecular formula is C17H23F3N2O6S. The molecule has 0 aliphatic carbocycles. The molecule has 0 bridgehead atoms. The van der Waals surface area contributed by atoms with Crippen molar-refractivity contribution >= 4 is 16.0 Å². The lowest BCUT2D eigenvalue weighted by molar-refractivity contribution is -0.192. The van der Waals surface area contributed by atoms with E-state index in [-0.39, 0.29) is 17.5 Å². The van der Waals surface area contributed by atoms with Crippen LogP contribution >= 0.6 is 0 Å². The van der Waals surface area contributed by atoms with Crippen molar-refractivity contribution < 1.29 is 41.0 Å². The molecule has 0 aromatic carbocycles. The molecule has 29 heavy (non-hydrogen) atoms. The molecule has 1 aromatic heterocycles. The molecule has 1 atom stereocenters. The van der Waals surface area contributed by atoms with Gasteiger partial charge in [0.2, 0.25) is 10.0 Å². The van der Waals surface area contributed by atoms with Crippen LogP contribution in [0.3, 0.4) is 0 Å². The lowest BCUT2D eigenvalue weighted by Gasteiger charge is -2.52. The standard InChI is InChI=1S/C15H22N2O4S.C2HF3O2/c1-2-22(18,19)17-11-15(12-17)9-14(6-8-21-15)20-10-13-5-3-4-7-16-13;3-2(4,5)1(6)7/h3-5,7,14H,2,6,8-12H2,1H3;(H,6,7). The number of nitrogens with zero attached hydrogens (tertiary/aromatic N) is 2. The minimum absolute atomic E-state index is 0.0993. The summed E-state index contributed by atoms with van der Waals surface area (Å²) in [6, 6.07) is 5.76. The number of pyridine rings is 1. The third kappa shape index (κ3) is 6.63. The van der Waals surface area contributed by atoms with Crippen molar-refractivity contribution in [2.75, 3.05) is 25.4 Å². The van der Waals surface area contributed by atoms with E-state index in [1.807, 2.05) is 18.2 Å². The number of carboxylic acid groups (broad SMARTS) is 1. The monoisotopic (exact) mass is 440 g/mol. The van der Waals surface area contributed by atoms with Crippen molar-refractivity contribution in [2.45, 2.75) is 44.3 Å². The van der Waals surface area contributed by atoms with E-state index in [0.29, 0.717) is 26.3 Å². The zero-order valence-electron chi connectivity index (χ0n) is 15.8. The van der Waals surface area contributed by atoms with Crippen molar-refractivity contribution in [2.24, 2.45) is 0 Å². The normalized spacial score (nSPS) is 21.7. The van der Waals surface area contributed by atoms with Crippen molar-refractivity contribution in [1.82, 2.24) is 9.29 Å². The quantitative estimate of drug-likeness (QED) is 0.744. The van der Waals surface area contributed by atoms with Crippen molar-refractivity contribution in [1.29, 1.82) is 0 Å². The number of ether oxygens (including phenoxy) is 2. The number of hydrogen-bond donors (Lipinski definition) is 1. The summed E-state index contributed by atoms with van der Waals surface area (Å²) in [7, 11) is -3.11. The first-order valence-electron chi connectivity index (χ1n) is 8.91. The van der Waals surface area contributed by atoms with E-state index in [4.69, 9.17) is 19.4 Å². The van der Waals surface area contributed by atoms with E-state index in [0.717, 1.165) is 18.5 Å². The van der Waals surface area contributed by atoms with Gasteiger partial charge in [0.15, 0.2) is 0 Å². The fourth-order valence-electron chi connectivity index (χ4n) is 3.01. The maximum atomic E-state index is 11.8. The average Bonchev–Trinajstić information content (AvgIpc) is 2.65. The molecule has 164 valence electrons. The number of sulfonamides is 1. The summed E-state index contributed by atoms with van der Waals surface area (Å²) in [5.74, 6) is -2.62. The predicted octanol–water partition coefficient (Wildman–Crippen LogP) is 1.81.